The van der Waals surface area contributed by atoms with Crippen LogP contribution in [-0.4, -0.2) is 37.3 Å². The average molecular weight is 284 g/mol. The van der Waals surface area contributed by atoms with Crippen molar-refractivity contribution in [2.45, 2.75) is 32.9 Å². The van der Waals surface area contributed by atoms with E-state index in [0.717, 1.165) is 55.6 Å². The van der Waals surface area contributed by atoms with Crippen LogP contribution in [0.25, 0.3) is 0 Å². The third-order valence-corrected chi connectivity index (χ3v) is 3.60. The summed E-state index contributed by atoms with van der Waals surface area (Å²) in [5.74, 6) is 0.995. The van der Waals surface area contributed by atoms with Gasteiger partial charge < -0.3 is 15.0 Å². The predicted octanol–water partition coefficient (Wildman–Crippen LogP) is 2.46. The Labute approximate surface area is 120 Å². The van der Waals surface area contributed by atoms with Gasteiger partial charge in [0.05, 0.1) is 11.1 Å². The van der Waals surface area contributed by atoms with Gasteiger partial charge in [0, 0.05) is 32.4 Å². The number of hydrogen-bond acceptors (Lipinski definition) is 4. The Kier molecular flexibility index (Phi) is 5.43. The largest absolute Gasteiger partial charge is 0.377 e. The SMILES string of the molecule is CCNCc1cc(N2CCCOC(C)C2)ncc1Cl. The molecular formula is C14H22ClN3O. The molecule has 0 amide bonds. The molecule has 0 radical (unpaired) electrons. The highest BCUT2D eigenvalue weighted by molar-refractivity contribution is 6.31. The molecule has 106 valence electrons. The molecule has 0 aromatic carbocycles. The Bertz CT molecular complexity index is 414. The summed E-state index contributed by atoms with van der Waals surface area (Å²) in [7, 11) is 0. The fourth-order valence-electron chi connectivity index (χ4n) is 2.24. The zero-order valence-corrected chi connectivity index (χ0v) is 12.4. The van der Waals surface area contributed by atoms with E-state index in [9.17, 15) is 0 Å². The number of pyridine rings is 1. The van der Waals surface area contributed by atoms with Crippen molar-refractivity contribution in [3.63, 3.8) is 0 Å². The molecule has 0 saturated carbocycles. The summed E-state index contributed by atoms with van der Waals surface area (Å²) in [5, 5.41) is 4.03. The van der Waals surface area contributed by atoms with Crippen molar-refractivity contribution in [3.8, 4) is 0 Å². The molecule has 0 spiro atoms. The lowest BCUT2D eigenvalue weighted by Crippen LogP contribution is -2.31. The summed E-state index contributed by atoms with van der Waals surface area (Å²) >= 11 is 6.19. The van der Waals surface area contributed by atoms with Crippen LogP contribution in [0.2, 0.25) is 5.02 Å². The molecule has 4 nitrogen and oxygen atoms in total. The van der Waals surface area contributed by atoms with Gasteiger partial charge >= 0.3 is 0 Å². The van der Waals surface area contributed by atoms with Gasteiger partial charge in [-0.1, -0.05) is 18.5 Å². The second-order valence-electron chi connectivity index (χ2n) is 4.90. The van der Waals surface area contributed by atoms with Gasteiger partial charge in [-0.2, -0.15) is 0 Å². The molecule has 0 aliphatic carbocycles. The molecule has 1 aliphatic rings. The number of rotatable bonds is 4. The van der Waals surface area contributed by atoms with Crippen LogP contribution in [0.4, 0.5) is 5.82 Å². The molecule has 2 heterocycles. The average Bonchev–Trinajstić information content (AvgIpc) is 2.62. The number of nitrogens with one attached hydrogen (secondary N) is 1. The number of ether oxygens (including phenoxy) is 1. The van der Waals surface area contributed by atoms with Crippen molar-refractivity contribution < 1.29 is 4.74 Å². The summed E-state index contributed by atoms with van der Waals surface area (Å²) in [5.41, 5.74) is 1.10. The van der Waals surface area contributed by atoms with E-state index >= 15 is 0 Å². The molecule has 1 N–H and O–H groups in total. The van der Waals surface area contributed by atoms with Gasteiger partial charge in [0.15, 0.2) is 0 Å². The number of nitrogens with zero attached hydrogens (tertiary/aromatic N) is 2. The summed E-state index contributed by atoms with van der Waals surface area (Å²) in [6.07, 6.45) is 3.04. The Balaban J connectivity index is 2.14. The molecule has 1 saturated heterocycles. The summed E-state index contributed by atoms with van der Waals surface area (Å²) in [4.78, 5) is 6.74. The van der Waals surface area contributed by atoms with Crippen LogP contribution in [0.5, 0.6) is 0 Å². The topological polar surface area (TPSA) is 37.4 Å². The van der Waals surface area contributed by atoms with Crippen molar-refractivity contribution in [1.29, 1.82) is 0 Å². The van der Waals surface area contributed by atoms with E-state index < -0.39 is 0 Å². The lowest BCUT2D eigenvalue weighted by molar-refractivity contribution is 0.0820. The molecule has 1 aromatic heterocycles. The molecule has 1 fully saturated rings. The third-order valence-electron chi connectivity index (χ3n) is 3.26. The Morgan fingerprint density at radius 3 is 3.21 bits per heavy atom. The number of hydrogen-bond donors (Lipinski definition) is 1. The molecule has 1 atom stereocenters. The first-order chi connectivity index (χ1) is 9.20. The molecule has 0 bridgehead atoms. The van der Waals surface area contributed by atoms with Gasteiger partial charge in [0.25, 0.3) is 0 Å². The van der Waals surface area contributed by atoms with Crippen LogP contribution in [-0.2, 0) is 11.3 Å². The van der Waals surface area contributed by atoms with Gasteiger partial charge in [0.2, 0.25) is 0 Å². The number of halogens is 1. The van der Waals surface area contributed by atoms with Gasteiger partial charge in [-0.25, -0.2) is 4.98 Å². The first kappa shape index (κ1) is 14.6. The Morgan fingerprint density at radius 2 is 2.42 bits per heavy atom. The van der Waals surface area contributed by atoms with Crippen molar-refractivity contribution in [1.82, 2.24) is 10.3 Å². The van der Waals surface area contributed by atoms with Gasteiger partial charge in [-0.15, -0.1) is 0 Å². The highest BCUT2D eigenvalue weighted by atomic mass is 35.5. The Hall–Kier alpha value is -0.840. The minimum Gasteiger partial charge on any atom is -0.377 e. The molecule has 1 aromatic rings. The maximum absolute atomic E-state index is 6.19. The normalized spacial score (nSPS) is 20.4. The smallest absolute Gasteiger partial charge is 0.128 e. The van der Waals surface area contributed by atoms with Crippen LogP contribution in [0.15, 0.2) is 12.3 Å². The van der Waals surface area contributed by atoms with Crippen molar-refractivity contribution >= 4 is 17.4 Å². The van der Waals surface area contributed by atoms with Crippen LogP contribution in [0, 0.1) is 0 Å². The third kappa shape index (κ3) is 4.06. The van der Waals surface area contributed by atoms with Crippen LogP contribution in [0.3, 0.4) is 0 Å². The highest BCUT2D eigenvalue weighted by Gasteiger charge is 2.17. The lowest BCUT2D eigenvalue weighted by atomic mass is 10.2. The molecular weight excluding hydrogens is 262 g/mol. The van der Waals surface area contributed by atoms with Crippen molar-refractivity contribution in [2.24, 2.45) is 0 Å². The quantitative estimate of drug-likeness (QED) is 0.921. The zero-order valence-electron chi connectivity index (χ0n) is 11.7. The maximum Gasteiger partial charge on any atom is 0.128 e. The second-order valence-corrected chi connectivity index (χ2v) is 5.30. The summed E-state index contributed by atoms with van der Waals surface area (Å²) in [6.45, 7) is 8.61. The van der Waals surface area contributed by atoms with Gasteiger partial charge in [-0.3, -0.25) is 0 Å². The van der Waals surface area contributed by atoms with E-state index in [2.05, 4.69) is 35.1 Å². The number of anilines is 1. The van der Waals surface area contributed by atoms with Crippen LogP contribution in [0.1, 0.15) is 25.8 Å². The lowest BCUT2D eigenvalue weighted by Gasteiger charge is -2.23. The van der Waals surface area contributed by atoms with E-state index in [1.807, 2.05) is 0 Å². The predicted molar refractivity (Wildman–Crippen MR) is 78.9 cm³/mol. The fraction of sp³-hybridized carbons (Fsp3) is 0.643. The fourth-order valence-corrected chi connectivity index (χ4v) is 2.41. The molecule has 5 heteroatoms. The van der Waals surface area contributed by atoms with Gasteiger partial charge in [0.1, 0.15) is 5.82 Å². The minimum atomic E-state index is 0.247. The Morgan fingerprint density at radius 1 is 1.58 bits per heavy atom. The van der Waals surface area contributed by atoms with Crippen LogP contribution < -0.4 is 10.2 Å². The van der Waals surface area contributed by atoms with Gasteiger partial charge in [-0.05, 0) is 31.5 Å². The van der Waals surface area contributed by atoms with E-state index in [1.54, 1.807) is 6.20 Å². The summed E-state index contributed by atoms with van der Waals surface area (Å²) < 4.78 is 5.67. The maximum atomic E-state index is 6.19. The van der Waals surface area contributed by atoms with Crippen LogP contribution >= 0.6 is 11.6 Å². The van der Waals surface area contributed by atoms with E-state index in [4.69, 9.17) is 16.3 Å². The second kappa shape index (κ2) is 7.08. The van der Waals surface area contributed by atoms with E-state index in [-0.39, 0.29) is 6.10 Å². The van der Waals surface area contributed by atoms with Crippen molar-refractivity contribution in [3.05, 3.63) is 22.8 Å². The van der Waals surface area contributed by atoms with E-state index in [0.29, 0.717) is 0 Å². The first-order valence-corrected chi connectivity index (χ1v) is 7.30. The molecule has 2 rings (SSSR count). The van der Waals surface area contributed by atoms with E-state index in [1.165, 1.54) is 0 Å². The minimum absolute atomic E-state index is 0.247. The first-order valence-electron chi connectivity index (χ1n) is 6.92. The molecule has 19 heavy (non-hydrogen) atoms. The number of aromatic nitrogens is 1. The highest BCUT2D eigenvalue weighted by Crippen LogP contribution is 2.22. The summed E-state index contributed by atoms with van der Waals surface area (Å²) in [6, 6.07) is 2.09. The molecule has 1 unspecified atom stereocenters. The zero-order chi connectivity index (χ0) is 13.7. The standard InChI is InChI=1S/C14H22ClN3O/c1-3-16-8-12-7-14(17-9-13(12)15)18-5-4-6-19-11(2)10-18/h7,9,11,16H,3-6,8,10H2,1-2H3. The monoisotopic (exact) mass is 283 g/mol. The molecule has 1 aliphatic heterocycles. The van der Waals surface area contributed by atoms with Crippen molar-refractivity contribution in [2.75, 3.05) is 31.1 Å².